The molecule has 1 aromatic heterocycles. The van der Waals surface area contributed by atoms with E-state index >= 15 is 0 Å². The van der Waals surface area contributed by atoms with E-state index in [0.717, 1.165) is 43.6 Å². The molecule has 1 unspecified atom stereocenters. The highest BCUT2D eigenvalue weighted by molar-refractivity contribution is 6.30. The number of hydrogen-bond donors (Lipinski definition) is 1. The number of aromatic nitrogens is 2. The van der Waals surface area contributed by atoms with Crippen molar-refractivity contribution in [2.45, 2.75) is 38.6 Å². The minimum atomic E-state index is -0.0284. The highest BCUT2D eigenvalue weighted by Gasteiger charge is 2.30. The van der Waals surface area contributed by atoms with E-state index in [1.807, 2.05) is 42.2 Å². The molecule has 1 N–H and O–H groups in total. The zero-order valence-corrected chi connectivity index (χ0v) is 14.5. The van der Waals surface area contributed by atoms with Crippen molar-refractivity contribution in [1.82, 2.24) is 14.7 Å². The lowest BCUT2D eigenvalue weighted by Gasteiger charge is -2.23. The van der Waals surface area contributed by atoms with Crippen LogP contribution in [0.1, 0.15) is 41.9 Å². The van der Waals surface area contributed by atoms with Crippen molar-refractivity contribution >= 4 is 17.5 Å². The van der Waals surface area contributed by atoms with Gasteiger partial charge in [-0.15, -0.1) is 0 Å². The van der Waals surface area contributed by atoms with Gasteiger partial charge in [-0.3, -0.25) is 4.79 Å². The predicted molar refractivity (Wildman–Crippen MR) is 93.7 cm³/mol. The van der Waals surface area contributed by atoms with Crippen molar-refractivity contribution in [2.75, 3.05) is 13.2 Å². The SMILES string of the molecule is Cc1cc(C(=O)N2CCCC2CCCO)nn1-c1cccc(Cl)c1. The highest BCUT2D eigenvalue weighted by atomic mass is 35.5. The Hall–Kier alpha value is -1.85. The molecule has 0 saturated carbocycles. The van der Waals surface area contributed by atoms with Gasteiger partial charge in [0.2, 0.25) is 0 Å². The van der Waals surface area contributed by atoms with E-state index in [2.05, 4.69) is 5.10 Å². The molecule has 1 aromatic carbocycles. The monoisotopic (exact) mass is 347 g/mol. The zero-order chi connectivity index (χ0) is 17.1. The Balaban J connectivity index is 1.82. The van der Waals surface area contributed by atoms with E-state index in [1.54, 1.807) is 4.68 Å². The molecule has 0 spiro atoms. The Morgan fingerprint density at radius 1 is 1.42 bits per heavy atom. The second-order valence-corrected chi connectivity index (χ2v) is 6.66. The summed E-state index contributed by atoms with van der Waals surface area (Å²) >= 11 is 6.05. The van der Waals surface area contributed by atoms with Crippen LogP contribution in [0.15, 0.2) is 30.3 Å². The van der Waals surface area contributed by atoms with Crippen LogP contribution in [-0.4, -0.2) is 44.9 Å². The van der Waals surface area contributed by atoms with Gasteiger partial charge in [0.25, 0.3) is 5.91 Å². The lowest BCUT2D eigenvalue weighted by molar-refractivity contribution is 0.0718. The zero-order valence-electron chi connectivity index (χ0n) is 13.8. The van der Waals surface area contributed by atoms with Gasteiger partial charge in [-0.05, 0) is 56.9 Å². The van der Waals surface area contributed by atoms with Crippen molar-refractivity contribution in [3.05, 3.63) is 46.7 Å². The first-order valence-corrected chi connectivity index (χ1v) is 8.72. The summed E-state index contributed by atoms with van der Waals surface area (Å²) in [6, 6.07) is 9.46. The highest BCUT2D eigenvalue weighted by Crippen LogP contribution is 2.24. The molecule has 0 bridgehead atoms. The van der Waals surface area contributed by atoms with Gasteiger partial charge in [0.05, 0.1) is 5.69 Å². The number of carbonyl (C=O) groups is 1. The fourth-order valence-electron chi connectivity index (χ4n) is 3.33. The molecule has 0 aliphatic carbocycles. The molecule has 6 heteroatoms. The largest absolute Gasteiger partial charge is 0.396 e. The molecule has 0 radical (unpaired) electrons. The van der Waals surface area contributed by atoms with E-state index in [0.29, 0.717) is 10.7 Å². The molecule has 1 aliphatic rings. The van der Waals surface area contributed by atoms with Gasteiger partial charge in [-0.1, -0.05) is 17.7 Å². The van der Waals surface area contributed by atoms with Crippen LogP contribution in [0.5, 0.6) is 0 Å². The molecular weight excluding hydrogens is 326 g/mol. The van der Waals surface area contributed by atoms with E-state index < -0.39 is 0 Å². The Labute approximate surface area is 146 Å². The van der Waals surface area contributed by atoms with Crippen LogP contribution in [0.3, 0.4) is 0 Å². The Morgan fingerprint density at radius 2 is 2.25 bits per heavy atom. The molecule has 1 aliphatic heterocycles. The summed E-state index contributed by atoms with van der Waals surface area (Å²) in [5, 5.41) is 14.2. The molecule has 2 aromatic rings. The van der Waals surface area contributed by atoms with Crippen molar-refractivity contribution in [2.24, 2.45) is 0 Å². The van der Waals surface area contributed by atoms with Crippen LogP contribution in [0.25, 0.3) is 5.69 Å². The molecule has 1 saturated heterocycles. The van der Waals surface area contributed by atoms with Crippen molar-refractivity contribution < 1.29 is 9.90 Å². The Bertz CT molecular complexity index is 729. The minimum absolute atomic E-state index is 0.0284. The van der Waals surface area contributed by atoms with Gasteiger partial charge >= 0.3 is 0 Å². The number of rotatable bonds is 5. The number of carbonyl (C=O) groups excluding carboxylic acids is 1. The average Bonchev–Trinajstić information content (AvgIpc) is 3.18. The number of aliphatic hydroxyl groups excluding tert-OH is 1. The number of halogens is 1. The lowest BCUT2D eigenvalue weighted by atomic mass is 10.1. The van der Waals surface area contributed by atoms with Crippen LogP contribution in [0.4, 0.5) is 0 Å². The third kappa shape index (κ3) is 3.47. The maximum absolute atomic E-state index is 12.8. The second kappa shape index (κ2) is 7.36. The minimum Gasteiger partial charge on any atom is -0.396 e. The molecule has 24 heavy (non-hydrogen) atoms. The number of aliphatic hydroxyl groups is 1. The van der Waals surface area contributed by atoms with Gasteiger partial charge in [-0.2, -0.15) is 5.10 Å². The number of likely N-dealkylation sites (tertiary alicyclic amines) is 1. The molecule has 2 heterocycles. The maximum atomic E-state index is 12.8. The fourth-order valence-corrected chi connectivity index (χ4v) is 3.51. The summed E-state index contributed by atoms with van der Waals surface area (Å²) in [6.45, 7) is 2.86. The first-order valence-electron chi connectivity index (χ1n) is 8.34. The average molecular weight is 348 g/mol. The van der Waals surface area contributed by atoms with Crippen LogP contribution >= 0.6 is 11.6 Å². The van der Waals surface area contributed by atoms with E-state index in [4.69, 9.17) is 16.7 Å². The first kappa shape index (κ1) is 17.0. The Morgan fingerprint density at radius 3 is 3.00 bits per heavy atom. The van der Waals surface area contributed by atoms with Gasteiger partial charge in [0.1, 0.15) is 0 Å². The van der Waals surface area contributed by atoms with E-state index in [-0.39, 0.29) is 18.6 Å². The maximum Gasteiger partial charge on any atom is 0.274 e. The van der Waals surface area contributed by atoms with Gasteiger partial charge in [0.15, 0.2) is 5.69 Å². The molecule has 3 rings (SSSR count). The number of amides is 1. The van der Waals surface area contributed by atoms with Gasteiger partial charge in [-0.25, -0.2) is 4.68 Å². The van der Waals surface area contributed by atoms with Crippen LogP contribution < -0.4 is 0 Å². The summed E-state index contributed by atoms with van der Waals surface area (Å²) in [6.07, 6.45) is 3.58. The van der Waals surface area contributed by atoms with Crippen molar-refractivity contribution in [3.63, 3.8) is 0 Å². The van der Waals surface area contributed by atoms with E-state index in [9.17, 15) is 4.79 Å². The fraction of sp³-hybridized carbons (Fsp3) is 0.444. The van der Waals surface area contributed by atoms with E-state index in [1.165, 1.54) is 0 Å². The topological polar surface area (TPSA) is 58.4 Å². The summed E-state index contributed by atoms with van der Waals surface area (Å²) < 4.78 is 1.75. The number of benzene rings is 1. The Kier molecular flexibility index (Phi) is 5.21. The van der Waals surface area contributed by atoms with Crippen LogP contribution in [0.2, 0.25) is 5.02 Å². The third-order valence-corrected chi connectivity index (χ3v) is 4.73. The van der Waals surface area contributed by atoms with Crippen LogP contribution in [-0.2, 0) is 0 Å². The summed E-state index contributed by atoms with van der Waals surface area (Å²) in [7, 11) is 0. The lowest BCUT2D eigenvalue weighted by Crippen LogP contribution is -2.36. The second-order valence-electron chi connectivity index (χ2n) is 6.22. The normalized spacial score (nSPS) is 17.5. The third-order valence-electron chi connectivity index (χ3n) is 4.49. The van der Waals surface area contributed by atoms with Crippen molar-refractivity contribution in [3.8, 4) is 5.69 Å². The van der Waals surface area contributed by atoms with Gasteiger partial charge < -0.3 is 10.0 Å². The van der Waals surface area contributed by atoms with Crippen molar-refractivity contribution in [1.29, 1.82) is 0 Å². The van der Waals surface area contributed by atoms with Gasteiger partial charge in [0, 0.05) is 29.9 Å². The molecular formula is C18H22ClN3O2. The molecule has 1 fully saturated rings. The molecule has 128 valence electrons. The number of nitrogens with zero attached hydrogens (tertiary/aromatic N) is 3. The summed E-state index contributed by atoms with van der Waals surface area (Å²) in [4.78, 5) is 14.7. The van der Waals surface area contributed by atoms with Crippen LogP contribution in [0, 0.1) is 6.92 Å². The summed E-state index contributed by atoms with van der Waals surface area (Å²) in [5.74, 6) is -0.0284. The predicted octanol–water partition coefficient (Wildman–Crippen LogP) is 3.21. The summed E-state index contributed by atoms with van der Waals surface area (Å²) in [5.41, 5.74) is 2.20. The molecule has 1 amide bonds. The smallest absolute Gasteiger partial charge is 0.274 e. The molecule has 1 atom stereocenters. The first-order chi connectivity index (χ1) is 11.6. The number of hydrogen-bond acceptors (Lipinski definition) is 3. The molecule has 5 nitrogen and oxygen atoms in total. The standard InChI is InChI=1S/C18H22ClN3O2/c1-13-11-17(20-22(13)16-6-2-5-14(19)12-16)18(24)21-9-3-7-15(21)8-4-10-23/h2,5-6,11-12,15,23H,3-4,7-10H2,1H3. The number of aryl methyl sites for hydroxylation is 1. The quantitative estimate of drug-likeness (QED) is 0.903.